The van der Waals surface area contributed by atoms with Crippen molar-refractivity contribution >= 4 is 54.6 Å². The van der Waals surface area contributed by atoms with Crippen LogP contribution < -0.4 is 4.98 Å². The minimum atomic E-state index is -0.0133. The van der Waals surface area contributed by atoms with Crippen molar-refractivity contribution < 1.29 is 21.1 Å². The Balaban J connectivity index is 0.00000484. The molecule has 0 fully saturated rings. The third-order valence-electron chi connectivity index (χ3n) is 13.3. The summed E-state index contributed by atoms with van der Waals surface area (Å²) in [6.45, 7) is 20.0. The molecule has 0 unspecified atom stereocenters. The molecule has 6 heteroatoms. The fourth-order valence-corrected chi connectivity index (χ4v) is 10.0. The van der Waals surface area contributed by atoms with Gasteiger partial charge in [-0.3, -0.25) is 4.57 Å². The molecule has 0 saturated heterocycles. The normalized spacial score (nSPS) is 12.0. The first-order valence-corrected chi connectivity index (χ1v) is 21.9. The summed E-state index contributed by atoms with van der Waals surface area (Å²) in [5.41, 5.74) is 21.3. The second-order valence-corrected chi connectivity index (χ2v) is 18.6. The maximum Gasteiger partial charge on any atom is 2.00 e. The van der Waals surface area contributed by atoms with Crippen LogP contribution in [0.15, 0.2) is 134 Å². The van der Waals surface area contributed by atoms with Gasteiger partial charge < -0.3 is 9.55 Å². The molecule has 0 spiro atoms. The molecule has 0 bridgehead atoms. The number of nitrogens with zero attached hydrogens (tertiary/aromatic N) is 5. The SMILES string of the molecule is Cc1cc(C)c(-c2ccnc(-n3c4[c-]c(-c5cccc6c5nc(-c5cccc7c5[n-]c5ccccc57)n6-c5cc(C)c(C)c(C)c5)ccc4c4cc(C(C)(C)C)ccc43)c2)c(C)c1.[Pt+2]. The molecule has 0 amide bonds. The van der Waals surface area contributed by atoms with E-state index < -0.39 is 0 Å². The Hall–Kier alpha value is -6.55. The zero-order valence-corrected chi connectivity index (χ0v) is 40.0. The van der Waals surface area contributed by atoms with Crippen molar-refractivity contribution in [3.63, 3.8) is 0 Å². The number of fused-ring (bicyclic) bond motifs is 7. The molecule has 4 heterocycles. The number of benzene rings is 7. The van der Waals surface area contributed by atoms with Gasteiger partial charge in [0.2, 0.25) is 0 Å². The number of imidazole rings is 1. The topological polar surface area (TPSA) is 49.7 Å². The van der Waals surface area contributed by atoms with E-state index in [4.69, 9.17) is 15.0 Å². The molecule has 64 heavy (non-hydrogen) atoms. The molecule has 4 aromatic heterocycles. The van der Waals surface area contributed by atoms with Gasteiger partial charge in [0.25, 0.3) is 0 Å². The Labute approximate surface area is 389 Å². The Morgan fingerprint density at radius 1 is 0.594 bits per heavy atom. The minimum Gasteiger partial charge on any atom is -0.656 e. The minimum absolute atomic E-state index is 0. The maximum atomic E-state index is 5.63. The van der Waals surface area contributed by atoms with E-state index in [1.54, 1.807) is 0 Å². The predicted molar refractivity (Wildman–Crippen MR) is 264 cm³/mol. The van der Waals surface area contributed by atoms with E-state index in [1.165, 1.54) is 49.9 Å². The molecule has 0 aliphatic carbocycles. The maximum absolute atomic E-state index is 5.63. The van der Waals surface area contributed by atoms with Crippen LogP contribution in [0.25, 0.3) is 99.8 Å². The Kier molecular flexibility index (Phi) is 9.92. The number of aryl methyl sites for hydroxylation is 5. The van der Waals surface area contributed by atoms with Crippen molar-refractivity contribution in [1.82, 2.24) is 24.1 Å². The van der Waals surface area contributed by atoms with Crippen molar-refractivity contribution in [2.24, 2.45) is 0 Å². The molecular weight excluding hydrogens is 962 g/mol. The van der Waals surface area contributed by atoms with E-state index >= 15 is 0 Å². The summed E-state index contributed by atoms with van der Waals surface area (Å²) in [6, 6.07) is 50.3. The molecule has 0 saturated carbocycles. The average Bonchev–Trinajstić information content (AvgIpc) is 3.94. The third kappa shape index (κ3) is 6.55. The number of hydrogen-bond donors (Lipinski definition) is 0. The van der Waals surface area contributed by atoms with Gasteiger partial charge in [-0.2, -0.15) is 0 Å². The predicted octanol–water partition coefficient (Wildman–Crippen LogP) is 14.7. The van der Waals surface area contributed by atoms with Gasteiger partial charge in [-0.15, -0.1) is 34.8 Å². The first kappa shape index (κ1) is 41.5. The number of aromatic nitrogens is 5. The van der Waals surface area contributed by atoms with Crippen LogP contribution in [0.3, 0.4) is 0 Å². The van der Waals surface area contributed by atoms with E-state index in [2.05, 4.69) is 205 Å². The fraction of sp³-hybridized carbons (Fsp3) is 0.172. The Bertz CT molecular complexity index is 3640. The van der Waals surface area contributed by atoms with Gasteiger partial charge in [0.15, 0.2) is 0 Å². The van der Waals surface area contributed by atoms with E-state index in [-0.39, 0.29) is 26.5 Å². The first-order valence-electron chi connectivity index (χ1n) is 21.9. The Morgan fingerprint density at radius 3 is 2.08 bits per heavy atom. The van der Waals surface area contributed by atoms with Gasteiger partial charge in [0, 0.05) is 23.0 Å². The molecule has 0 atom stereocenters. The van der Waals surface area contributed by atoms with E-state index in [1.807, 2.05) is 6.20 Å². The molecule has 0 aliphatic heterocycles. The van der Waals surface area contributed by atoms with E-state index in [9.17, 15) is 0 Å². The smallest absolute Gasteiger partial charge is 0.656 e. The van der Waals surface area contributed by atoms with Gasteiger partial charge in [0.05, 0.1) is 11.0 Å². The van der Waals surface area contributed by atoms with Crippen molar-refractivity contribution in [2.75, 3.05) is 0 Å². The second-order valence-electron chi connectivity index (χ2n) is 18.6. The van der Waals surface area contributed by atoms with Crippen molar-refractivity contribution in [2.45, 2.75) is 67.7 Å². The zero-order valence-electron chi connectivity index (χ0n) is 37.8. The summed E-state index contributed by atoms with van der Waals surface area (Å²) >= 11 is 0. The molecule has 11 aromatic rings. The summed E-state index contributed by atoms with van der Waals surface area (Å²) < 4.78 is 4.64. The van der Waals surface area contributed by atoms with Crippen LogP contribution >= 0.6 is 0 Å². The van der Waals surface area contributed by atoms with Crippen LogP contribution in [-0.2, 0) is 26.5 Å². The number of para-hydroxylation sites is 3. The number of pyridine rings is 1. The van der Waals surface area contributed by atoms with Crippen molar-refractivity contribution in [3.8, 4) is 45.1 Å². The van der Waals surface area contributed by atoms with Crippen LogP contribution in [0.4, 0.5) is 0 Å². The molecule has 7 aromatic carbocycles. The van der Waals surface area contributed by atoms with Crippen LogP contribution in [-0.4, -0.2) is 19.1 Å². The van der Waals surface area contributed by atoms with Gasteiger partial charge in [-0.1, -0.05) is 116 Å². The summed E-state index contributed by atoms with van der Waals surface area (Å²) in [5, 5.41) is 4.61. The molecule has 5 nitrogen and oxygen atoms in total. The monoisotopic (exact) mass is 1010 g/mol. The summed E-state index contributed by atoms with van der Waals surface area (Å²) in [5.74, 6) is 1.72. The van der Waals surface area contributed by atoms with Crippen LogP contribution in [0.5, 0.6) is 0 Å². The largest absolute Gasteiger partial charge is 2.00 e. The van der Waals surface area contributed by atoms with Gasteiger partial charge in [-0.05, 0) is 150 Å². The molecule has 0 radical (unpaired) electrons. The summed E-state index contributed by atoms with van der Waals surface area (Å²) in [7, 11) is 0. The first-order chi connectivity index (χ1) is 30.3. The molecule has 316 valence electrons. The summed E-state index contributed by atoms with van der Waals surface area (Å²) in [6.07, 6.45) is 1.95. The van der Waals surface area contributed by atoms with Crippen LogP contribution in [0, 0.1) is 47.6 Å². The molecule has 0 aliphatic rings. The molecular formula is C58H49N5Pt. The van der Waals surface area contributed by atoms with Crippen molar-refractivity contribution in [1.29, 1.82) is 0 Å². The third-order valence-corrected chi connectivity index (χ3v) is 13.3. The van der Waals surface area contributed by atoms with Crippen molar-refractivity contribution in [3.05, 3.63) is 179 Å². The van der Waals surface area contributed by atoms with Crippen LogP contribution in [0.1, 0.15) is 59.7 Å². The molecule has 11 rings (SSSR count). The number of hydrogen-bond acceptors (Lipinski definition) is 2. The second kappa shape index (κ2) is 15.3. The number of rotatable bonds is 5. The average molecular weight is 1010 g/mol. The van der Waals surface area contributed by atoms with Gasteiger partial charge in [-0.25, -0.2) is 9.97 Å². The van der Waals surface area contributed by atoms with Crippen LogP contribution in [0.2, 0.25) is 0 Å². The standard InChI is InChI=1S/C58H49N5.Pt/c1-33-26-36(4)54(37(5)27-33)40-24-25-59-53(31-40)63-50-23-21-41(58(7,8)9)32-48(50)45-22-20-39(30-52(45)63)43-15-13-19-51-56(43)61-57(62(51)42-28-34(2)38(6)35(3)29-42)47-17-12-16-46-44-14-10-11-18-49(44)60-55(46)47;/h10-29,31-32H,1-9H3;/q-2;+2. The fourth-order valence-electron chi connectivity index (χ4n) is 10.0. The zero-order chi connectivity index (χ0) is 43.5. The van der Waals surface area contributed by atoms with E-state index in [0.29, 0.717) is 0 Å². The summed E-state index contributed by atoms with van der Waals surface area (Å²) in [4.78, 5) is 15.9. The van der Waals surface area contributed by atoms with Gasteiger partial charge >= 0.3 is 21.1 Å². The van der Waals surface area contributed by atoms with Gasteiger partial charge in [0.1, 0.15) is 11.6 Å². The van der Waals surface area contributed by atoms with E-state index in [0.717, 1.165) is 88.8 Å². The Morgan fingerprint density at radius 2 is 1.31 bits per heavy atom. The quantitative estimate of drug-likeness (QED) is 0.161. The molecule has 0 N–H and O–H groups in total.